The quantitative estimate of drug-likeness (QED) is 0.239. The van der Waals surface area contributed by atoms with Crippen LogP contribution in [0.5, 0.6) is 11.5 Å². The Kier molecular flexibility index (Phi) is 7.60. The van der Waals surface area contributed by atoms with E-state index in [-0.39, 0.29) is 11.8 Å². The summed E-state index contributed by atoms with van der Waals surface area (Å²) in [6.45, 7) is 0.724. The molecule has 1 aliphatic rings. The molecule has 1 saturated heterocycles. The van der Waals surface area contributed by atoms with Gasteiger partial charge in [-0.1, -0.05) is 77.9 Å². The molecule has 0 atom stereocenters. The monoisotopic (exact) mass is 515 g/mol. The van der Waals surface area contributed by atoms with Gasteiger partial charge in [-0.05, 0) is 53.2 Å². The van der Waals surface area contributed by atoms with Crippen molar-refractivity contribution < 1.29 is 14.3 Å². The van der Waals surface area contributed by atoms with Gasteiger partial charge in [-0.15, -0.1) is 0 Å². The van der Waals surface area contributed by atoms with E-state index in [1.807, 2.05) is 60.7 Å². The van der Waals surface area contributed by atoms with E-state index in [1.165, 1.54) is 0 Å². The molecule has 1 aliphatic heterocycles. The fourth-order valence-electron chi connectivity index (χ4n) is 3.24. The number of halogens is 2. The number of hydrogen-bond donors (Lipinski definition) is 0. The van der Waals surface area contributed by atoms with Crippen molar-refractivity contribution in [2.75, 3.05) is 7.11 Å². The number of thiocarbonyl (C=S) groups is 1. The smallest absolute Gasteiger partial charge is 0.291 e. The number of amides is 1. The molecule has 1 amide bonds. The maximum atomic E-state index is 12.5. The van der Waals surface area contributed by atoms with Crippen LogP contribution in [0.15, 0.2) is 71.6 Å². The summed E-state index contributed by atoms with van der Waals surface area (Å²) >= 11 is 18.9. The molecule has 0 radical (unpaired) electrons. The molecule has 0 aliphatic carbocycles. The summed E-state index contributed by atoms with van der Waals surface area (Å²) in [5.41, 5.74) is 2.70. The van der Waals surface area contributed by atoms with Crippen LogP contribution in [-0.2, 0) is 13.2 Å². The second-order valence-electron chi connectivity index (χ2n) is 7.19. The zero-order chi connectivity index (χ0) is 23.4. The van der Waals surface area contributed by atoms with Crippen LogP contribution < -0.4 is 9.47 Å². The largest absolute Gasteiger partial charge is 0.493 e. The second-order valence-corrected chi connectivity index (χ2v) is 9.41. The van der Waals surface area contributed by atoms with Crippen molar-refractivity contribution in [3.05, 3.63) is 98.4 Å². The molecular weight excluding hydrogens is 497 g/mol. The lowest BCUT2D eigenvalue weighted by Crippen LogP contribution is -2.26. The summed E-state index contributed by atoms with van der Waals surface area (Å²) < 4.78 is 11.4. The number of rotatable bonds is 7. The fraction of sp³-hybridized carbons (Fsp3) is 0.120. The molecule has 3 aromatic carbocycles. The van der Waals surface area contributed by atoms with E-state index < -0.39 is 0 Å². The highest BCUT2D eigenvalue weighted by Crippen LogP contribution is 2.36. The Morgan fingerprint density at radius 3 is 2.55 bits per heavy atom. The zero-order valence-corrected chi connectivity index (χ0v) is 20.7. The first-order valence-electron chi connectivity index (χ1n) is 9.98. The summed E-state index contributed by atoms with van der Waals surface area (Å²) in [5.74, 6) is 1.14. The van der Waals surface area contributed by atoms with Gasteiger partial charge in [-0.3, -0.25) is 9.69 Å². The molecule has 0 N–H and O–H groups in total. The van der Waals surface area contributed by atoms with E-state index in [0.717, 1.165) is 33.4 Å². The highest BCUT2D eigenvalue weighted by atomic mass is 35.5. The van der Waals surface area contributed by atoms with Gasteiger partial charge in [-0.2, -0.15) is 0 Å². The molecule has 4 nitrogen and oxygen atoms in total. The van der Waals surface area contributed by atoms with Crippen LogP contribution in [0.3, 0.4) is 0 Å². The standard InChI is InChI=1S/C25H19Cl2NO3S2/c1-30-22-11-17(7-10-21(22)31-15-18-8-9-19(26)13-20(18)27)12-23-24(32)28(25(29)33-23)14-16-5-3-2-4-6-16/h2-13H,14-15H2,1H3/b23-12+. The van der Waals surface area contributed by atoms with Crippen molar-refractivity contribution in [1.82, 2.24) is 4.90 Å². The van der Waals surface area contributed by atoms with E-state index >= 15 is 0 Å². The molecule has 4 rings (SSSR count). The van der Waals surface area contributed by atoms with Gasteiger partial charge in [0.25, 0.3) is 5.24 Å². The molecule has 0 saturated carbocycles. The topological polar surface area (TPSA) is 38.8 Å². The number of carbonyl (C=O) groups is 1. The van der Waals surface area contributed by atoms with Crippen LogP contribution in [0.4, 0.5) is 4.79 Å². The molecule has 0 aromatic heterocycles. The Morgan fingerprint density at radius 1 is 1.03 bits per heavy atom. The van der Waals surface area contributed by atoms with Crippen LogP contribution in [0.25, 0.3) is 6.08 Å². The van der Waals surface area contributed by atoms with E-state index in [0.29, 0.717) is 33.1 Å². The van der Waals surface area contributed by atoms with E-state index in [1.54, 1.807) is 24.1 Å². The molecule has 1 fully saturated rings. The molecule has 3 aromatic rings. The Bertz CT molecular complexity index is 1230. The summed E-state index contributed by atoms with van der Waals surface area (Å²) in [6.07, 6.45) is 1.89. The third-order valence-corrected chi connectivity index (χ3v) is 7.02. The van der Waals surface area contributed by atoms with Crippen molar-refractivity contribution in [3.63, 3.8) is 0 Å². The number of methoxy groups -OCH3 is 1. The van der Waals surface area contributed by atoms with Crippen LogP contribution in [0, 0.1) is 0 Å². The molecule has 168 valence electrons. The van der Waals surface area contributed by atoms with Gasteiger partial charge in [0.1, 0.15) is 11.6 Å². The maximum absolute atomic E-state index is 12.5. The Labute approximate surface area is 212 Å². The third kappa shape index (κ3) is 5.71. The first-order chi connectivity index (χ1) is 15.9. The highest BCUT2D eigenvalue weighted by molar-refractivity contribution is 8.19. The van der Waals surface area contributed by atoms with Crippen LogP contribution in [0.2, 0.25) is 10.0 Å². The van der Waals surface area contributed by atoms with Gasteiger partial charge >= 0.3 is 0 Å². The number of nitrogens with zero attached hydrogens (tertiary/aromatic N) is 1. The van der Waals surface area contributed by atoms with E-state index in [4.69, 9.17) is 44.9 Å². The van der Waals surface area contributed by atoms with Gasteiger partial charge in [0.15, 0.2) is 11.5 Å². The van der Waals surface area contributed by atoms with Crippen LogP contribution in [-0.4, -0.2) is 22.2 Å². The zero-order valence-electron chi connectivity index (χ0n) is 17.6. The molecule has 8 heteroatoms. The van der Waals surface area contributed by atoms with Crippen LogP contribution >= 0.6 is 47.2 Å². The Balaban J connectivity index is 1.49. The van der Waals surface area contributed by atoms with E-state index in [2.05, 4.69) is 0 Å². The number of ether oxygens (including phenoxy) is 2. The van der Waals surface area contributed by atoms with Crippen LogP contribution in [0.1, 0.15) is 16.7 Å². The first kappa shape index (κ1) is 23.6. The lowest BCUT2D eigenvalue weighted by molar-refractivity contribution is 0.244. The normalized spacial score (nSPS) is 14.8. The molecule has 33 heavy (non-hydrogen) atoms. The number of benzene rings is 3. The van der Waals surface area contributed by atoms with Gasteiger partial charge < -0.3 is 9.47 Å². The molecular formula is C25H19Cl2NO3S2. The average molecular weight is 516 g/mol. The SMILES string of the molecule is COc1cc(/C=C2/SC(=O)N(Cc3ccccc3)C2=S)ccc1OCc1ccc(Cl)cc1Cl. The Morgan fingerprint density at radius 2 is 1.82 bits per heavy atom. The van der Waals surface area contributed by atoms with Gasteiger partial charge in [0.2, 0.25) is 0 Å². The van der Waals surface area contributed by atoms with Crippen molar-refractivity contribution in [2.45, 2.75) is 13.2 Å². The number of carbonyl (C=O) groups excluding carboxylic acids is 1. The minimum atomic E-state index is -0.0816. The predicted molar refractivity (Wildman–Crippen MR) is 139 cm³/mol. The van der Waals surface area contributed by atoms with Gasteiger partial charge in [0.05, 0.1) is 18.6 Å². The highest BCUT2D eigenvalue weighted by Gasteiger charge is 2.31. The molecule has 0 spiro atoms. The Hall–Kier alpha value is -2.51. The second kappa shape index (κ2) is 10.6. The number of hydrogen-bond acceptors (Lipinski definition) is 5. The van der Waals surface area contributed by atoms with Gasteiger partial charge in [0, 0.05) is 15.6 Å². The lowest BCUT2D eigenvalue weighted by Gasteiger charge is -2.14. The third-order valence-electron chi connectivity index (χ3n) is 4.94. The minimum absolute atomic E-state index is 0.0816. The van der Waals surface area contributed by atoms with Gasteiger partial charge in [-0.25, -0.2) is 0 Å². The van der Waals surface area contributed by atoms with Crippen molar-refractivity contribution in [1.29, 1.82) is 0 Å². The van der Waals surface area contributed by atoms with E-state index in [9.17, 15) is 4.79 Å². The predicted octanol–water partition coefficient (Wildman–Crippen LogP) is 7.62. The van der Waals surface area contributed by atoms with Crippen molar-refractivity contribution in [3.8, 4) is 11.5 Å². The van der Waals surface area contributed by atoms with Crippen molar-refractivity contribution >= 4 is 63.5 Å². The average Bonchev–Trinajstić information content (AvgIpc) is 3.07. The summed E-state index contributed by atoms with van der Waals surface area (Å²) in [5, 5.41) is 1.03. The minimum Gasteiger partial charge on any atom is -0.493 e. The lowest BCUT2D eigenvalue weighted by atomic mass is 10.1. The summed E-state index contributed by atoms with van der Waals surface area (Å²) in [4.78, 5) is 15.4. The summed E-state index contributed by atoms with van der Waals surface area (Å²) in [6, 6.07) is 20.6. The molecule has 1 heterocycles. The fourth-order valence-corrected chi connectivity index (χ4v) is 4.94. The molecule has 0 bridgehead atoms. The number of thioether (sulfide) groups is 1. The first-order valence-corrected chi connectivity index (χ1v) is 12.0. The van der Waals surface area contributed by atoms with Crippen molar-refractivity contribution in [2.24, 2.45) is 0 Å². The summed E-state index contributed by atoms with van der Waals surface area (Å²) in [7, 11) is 1.58. The molecule has 0 unspecified atom stereocenters. The maximum Gasteiger partial charge on any atom is 0.291 e.